The number of carboxylic acids is 1. The fourth-order valence-electron chi connectivity index (χ4n) is 3.49. The van der Waals surface area contributed by atoms with Gasteiger partial charge < -0.3 is 5.11 Å². The maximum atomic E-state index is 11.6. The molecular weight excluding hydrogens is 284 g/mol. The zero-order valence-corrected chi connectivity index (χ0v) is 14.3. The van der Waals surface area contributed by atoms with Gasteiger partial charge in [-0.1, -0.05) is 13.3 Å². The van der Waals surface area contributed by atoms with Crippen molar-refractivity contribution in [2.45, 2.75) is 59.4 Å². The van der Waals surface area contributed by atoms with Gasteiger partial charge in [-0.25, -0.2) is 4.98 Å². The third-order valence-corrected chi connectivity index (χ3v) is 5.72. The number of likely N-dealkylation sites (tertiary alicyclic amines) is 1. The number of carbonyl (C=O) groups is 1. The molecule has 0 bridgehead atoms. The van der Waals surface area contributed by atoms with Gasteiger partial charge in [-0.05, 0) is 53.1 Å². The Bertz CT molecular complexity index is 504. The van der Waals surface area contributed by atoms with Crippen molar-refractivity contribution < 1.29 is 9.90 Å². The van der Waals surface area contributed by atoms with Gasteiger partial charge in [-0.2, -0.15) is 0 Å². The van der Waals surface area contributed by atoms with Crippen LogP contribution in [0, 0.1) is 19.3 Å². The van der Waals surface area contributed by atoms with E-state index in [1.54, 1.807) is 11.3 Å². The Hall–Kier alpha value is -0.940. The van der Waals surface area contributed by atoms with Crippen LogP contribution in [0.4, 0.5) is 0 Å². The Kier molecular flexibility index (Phi) is 5.04. The van der Waals surface area contributed by atoms with Gasteiger partial charge in [0, 0.05) is 4.88 Å². The first-order valence-corrected chi connectivity index (χ1v) is 8.62. The summed E-state index contributed by atoms with van der Waals surface area (Å²) < 4.78 is 0. The third kappa shape index (κ3) is 3.29. The first-order valence-electron chi connectivity index (χ1n) is 7.81. The van der Waals surface area contributed by atoms with Crippen molar-refractivity contribution in [1.29, 1.82) is 0 Å². The highest BCUT2D eigenvalue weighted by Gasteiger charge is 2.41. The Morgan fingerprint density at radius 3 is 2.48 bits per heavy atom. The monoisotopic (exact) mass is 310 g/mol. The highest BCUT2D eigenvalue weighted by molar-refractivity contribution is 7.11. The van der Waals surface area contributed by atoms with Gasteiger partial charge in [0.1, 0.15) is 0 Å². The molecule has 5 heteroatoms. The van der Waals surface area contributed by atoms with Crippen molar-refractivity contribution >= 4 is 17.3 Å². The first-order chi connectivity index (χ1) is 9.89. The molecule has 0 aromatic carbocycles. The summed E-state index contributed by atoms with van der Waals surface area (Å²) in [6.07, 6.45) is 3.23. The molecular formula is C16H26N2O2S. The smallest absolute Gasteiger partial charge is 0.309 e. The molecule has 1 aliphatic heterocycles. The molecule has 0 amide bonds. The minimum Gasteiger partial charge on any atom is -0.481 e. The van der Waals surface area contributed by atoms with E-state index >= 15 is 0 Å². The number of carboxylic acid groups (broad SMARTS) is 1. The summed E-state index contributed by atoms with van der Waals surface area (Å²) in [5.41, 5.74) is 0.661. The minimum absolute atomic E-state index is 0.281. The van der Waals surface area contributed by atoms with Crippen LogP contribution in [0.2, 0.25) is 0 Å². The van der Waals surface area contributed by atoms with Gasteiger partial charge >= 0.3 is 5.97 Å². The lowest BCUT2D eigenvalue weighted by Gasteiger charge is -2.41. The summed E-state index contributed by atoms with van der Waals surface area (Å²) in [6.45, 7) is 10.1. The van der Waals surface area contributed by atoms with Crippen LogP contribution in [0.25, 0.3) is 0 Å². The van der Waals surface area contributed by atoms with Crippen LogP contribution in [0.1, 0.15) is 61.2 Å². The second kappa shape index (κ2) is 6.44. The largest absolute Gasteiger partial charge is 0.481 e. The van der Waals surface area contributed by atoms with Crippen molar-refractivity contribution in [3.63, 3.8) is 0 Å². The quantitative estimate of drug-likeness (QED) is 0.899. The van der Waals surface area contributed by atoms with Crippen molar-refractivity contribution in [2.24, 2.45) is 5.41 Å². The number of thiazole rings is 1. The van der Waals surface area contributed by atoms with E-state index in [1.165, 1.54) is 4.88 Å². The molecule has 0 saturated carbocycles. The predicted molar refractivity (Wildman–Crippen MR) is 85.8 cm³/mol. The minimum atomic E-state index is -0.614. The number of hydrogen-bond donors (Lipinski definition) is 1. The van der Waals surface area contributed by atoms with E-state index < -0.39 is 11.4 Å². The van der Waals surface area contributed by atoms with E-state index in [0.717, 1.165) is 49.5 Å². The molecule has 4 nitrogen and oxygen atoms in total. The number of hydrogen-bond acceptors (Lipinski definition) is 4. The highest BCUT2D eigenvalue weighted by atomic mass is 32.1. The Labute approximate surface area is 131 Å². The van der Waals surface area contributed by atoms with Crippen LogP contribution >= 0.6 is 11.3 Å². The van der Waals surface area contributed by atoms with Gasteiger partial charge in [0.15, 0.2) is 0 Å². The number of rotatable bonds is 5. The Morgan fingerprint density at radius 1 is 1.43 bits per heavy atom. The number of aryl methyl sites for hydroxylation is 2. The average Bonchev–Trinajstić information content (AvgIpc) is 2.78. The average molecular weight is 310 g/mol. The fraction of sp³-hybridized carbons (Fsp3) is 0.750. The molecule has 1 aromatic rings. The molecule has 0 radical (unpaired) electrons. The fourth-order valence-corrected chi connectivity index (χ4v) is 4.40. The maximum Gasteiger partial charge on any atom is 0.309 e. The van der Waals surface area contributed by atoms with Gasteiger partial charge in [-0.3, -0.25) is 9.69 Å². The molecule has 2 heterocycles. The lowest BCUT2D eigenvalue weighted by atomic mass is 9.74. The summed E-state index contributed by atoms with van der Waals surface area (Å²) in [5.74, 6) is -0.614. The summed E-state index contributed by atoms with van der Waals surface area (Å²) in [6, 6.07) is 0.281. The maximum absolute atomic E-state index is 11.6. The summed E-state index contributed by atoms with van der Waals surface area (Å²) in [7, 11) is 0. The number of nitrogens with zero attached hydrogens (tertiary/aromatic N) is 2. The van der Waals surface area contributed by atoms with Gasteiger partial charge in [0.05, 0.1) is 22.2 Å². The van der Waals surface area contributed by atoms with Crippen LogP contribution < -0.4 is 0 Å². The second-order valence-electron chi connectivity index (χ2n) is 6.22. The molecule has 1 saturated heterocycles. The number of aromatic nitrogens is 1. The van der Waals surface area contributed by atoms with Gasteiger partial charge in [0.2, 0.25) is 0 Å². The third-order valence-electron chi connectivity index (χ3n) is 4.82. The molecule has 1 aliphatic rings. The molecule has 1 unspecified atom stereocenters. The highest BCUT2D eigenvalue weighted by Crippen LogP contribution is 2.39. The molecule has 1 aromatic heterocycles. The van der Waals surface area contributed by atoms with Gasteiger partial charge in [-0.15, -0.1) is 11.3 Å². The van der Waals surface area contributed by atoms with E-state index in [1.807, 2.05) is 6.92 Å². The van der Waals surface area contributed by atoms with Crippen molar-refractivity contribution in [3.8, 4) is 0 Å². The van der Waals surface area contributed by atoms with Gasteiger partial charge in [0.25, 0.3) is 0 Å². The Morgan fingerprint density at radius 2 is 2.05 bits per heavy atom. The molecule has 1 N–H and O–H groups in total. The number of aliphatic carboxylic acids is 1. The van der Waals surface area contributed by atoms with E-state index in [0.29, 0.717) is 0 Å². The summed E-state index contributed by atoms with van der Waals surface area (Å²) >= 11 is 1.74. The van der Waals surface area contributed by atoms with E-state index in [4.69, 9.17) is 0 Å². The topological polar surface area (TPSA) is 53.4 Å². The lowest BCUT2D eigenvalue weighted by molar-refractivity contribution is -0.153. The predicted octanol–water partition coefficient (Wildman–Crippen LogP) is 3.79. The standard InChI is InChI=1S/C16H26N2O2S/c1-5-6-16(15(19)20)7-9-18(10-8-16)11(2)14-12(3)21-13(4)17-14/h11H,5-10H2,1-4H3,(H,19,20). The van der Waals surface area contributed by atoms with Crippen LogP contribution in [-0.4, -0.2) is 34.0 Å². The zero-order valence-electron chi connectivity index (χ0n) is 13.5. The van der Waals surface area contributed by atoms with E-state index in [2.05, 4.69) is 30.7 Å². The van der Waals surface area contributed by atoms with Crippen LogP contribution in [0.5, 0.6) is 0 Å². The summed E-state index contributed by atoms with van der Waals surface area (Å²) in [5, 5.41) is 10.7. The first kappa shape index (κ1) is 16.4. The van der Waals surface area contributed by atoms with Crippen molar-refractivity contribution in [2.75, 3.05) is 13.1 Å². The molecule has 0 aliphatic carbocycles. The van der Waals surface area contributed by atoms with Crippen LogP contribution in [0.15, 0.2) is 0 Å². The molecule has 118 valence electrons. The number of piperidine rings is 1. The van der Waals surface area contributed by atoms with Crippen molar-refractivity contribution in [1.82, 2.24) is 9.88 Å². The normalized spacial score (nSPS) is 20.4. The SMILES string of the molecule is CCCC1(C(=O)O)CCN(C(C)c2nc(C)sc2C)CC1. The van der Waals surface area contributed by atoms with E-state index in [9.17, 15) is 9.90 Å². The summed E-state index contributed by atoms with van der Waals surface area (Å²) in [4.78, 5) is 20.0. The van der Waals surface area contributed by atoms with E-state index in [-0.39, 0.29) is 6.04 Å². The van der Waals surface area contributed by atoms with Crippen LogP contribution in [-0.2, 0) is 4.79 Å². The molecule has 1 fully saturated rings. The van der Waals surface area contributed by atoms with Crippen molar-refractivity contribution in [3.05, 3.63) is 15.6 Å². The molecule has 1 atom stereocenters. The van der Waals surface area contributed by atoms with Crippen LogP contribution in [0.3, 0.4) is 0 Å². The molecule has 0 spiro atoms. The Balaban J connectivity index is 2.06. The molecule has 21 heavy (non-hydrogen) atoms. The zero-order chi connectivity index (χ0) is 15.6. The molecule has 2 rings (SSSR count). The second-order valence-corrected chi connectivity index (χ2v) is 7.63. The lowest BCUT2D eigenvalue weighted by Crippen LogP contribution is -2.45.